The lowest BCUT2D eigenvalue weighted by atomic mass is 10.0. The number of nitrogens with one attached hydrogen (secondary N) is 2. The van der Waals surface area contributed by atoms with Crippen LogP contribution in [0, 0.1) is 0 Å². The molecule has 2 aliphatic heterocycles. The normalized spacial score (nSPS) is 23.7. The summed E-state index contributed by atoms with van der Waals surface area (Å²) >= 11 is 0. The predicted molar refractivity (Wildman–Crippen MR) is 93.7 cm³/mol. The molecule has 152 valence electrons. The van der Waals surface area contributed by atoms with Gasteiger partial charge < -0.3 is 15.5 Å². The van der Waals surface area contributed by atoms with E-state index in [0.29, 0.717) is 12.8 Å². The zero-order valence-corrected chi connectivity index (χ0v) is 15.5. The van der Waals surface area contributed by atoms with E-state index in [0.717, 1.165) is 30.8 Å². The van der Waals surface area contributed by atoms with E-state index in [4.69, 9.17) is 0 Å². The van der Waals surface area contributed by atoms with Gasteiger partial charge in [0.25, 0.3) is 5.91 Å². The van der Waals surface area contributed by atoms with Gasteiger partial charge in [-0.3, -0.25) is 14.3 Å². The van der Waals surface area contributed by atoms with Crippen LogP contribution in [0.4, 0.5) is 13.2 Å². The summed E-state index contributed by atoms with van der Waals surface area (Å²) in [6.07, 6.45) is -0.0122. The fraction of sp³-hybridized carbons (Fsp3) is 0.688. The summed E-state index contributed by atoms with van der Waals surface area (Å²) in [5, 5.41) is 10.1. The van der Waals surface area contributed by atoms with E-state index >= 15 is 0 Å². The Kier molecular flexibility index (Phi) is 7.10. The van der Waals surface area contributed by atoms with Crippen molar-refractivity contribution < 1.29 is 22.8 Å². The zero-order chi connectivity index (χ0) is 18.7. The topological polar surface area (TPSA) is 79.3 Å². The van der Waals surface area contributed by atoms with Crippen LogP contribution in [0.15, 0.2) is 12.3 Å². The highest BCUT2D eigenvalue weighted by Gasteiger charge is 2.38. The second kappa shape index (κ2) is 8.92. The number of amides is 2. The third-order valence-corrected chi connectivity index (χ3v) is 4.69. The quantitative estimate of drug-likeness (QED) is 0.790. The average molecular weight is 410 g/mol. The number of piperidine rings is 2. The Morgan fingerprint density at radius 1 is 1.33 bits per heavy atom. The average Bonchev–Trinajstić information content (AvgIpc) is 3.08. The van der Waals surface area contributed by atoms with Crippen LogP contribution in [0.3, 0.4) is 0 Å². The number of hydrogen-bond acceptors (Lipinski definition) is 4. The van der Waals surface area contributed by atoms with Crippen LogP contribution >= 0.6 is 12.4 Å². The molecule has 2 atom stereocenters. The molecule has 2 N–H and O–H groups in total. The van der Waals surface area contributed by atoms with Gasteiger partial charge in [-0.25, -0.2) is 0 Å². The number of rotatable bonds is 4. The zero-order valence-electron chi connectivity index (χ0n) is 14.7. The van der Waals surface area contributed by atoms with Crippen molar-refractivity contribution in [2.24, 2.45) is 0 Å². The molecule has 2 unspecified atom stereocenters. The van der Waals surface area contributed by atoms with E-state index in [1.165, 1.54) is 0 Å². The lowest BCUT2D eigenvalue weighted by Gasteiger charge is -2.32. The van der Waals surface area contributed by atoms with Crippen LogP contribution in [-0.4, -0.2) is 64.9 Å². The molecule has 2 amide bonds. The van der Waals surface area contributed by atoms with Crippen molar-refractivity contribution in [1.29, 1.82) is 0 Å². The van der Waals surface area contributed by atoms with E-state index in [1.54, 1.807) is 16.9 Å². The molecule has 2 fully saturated rings. The first-order valence-electron chi connectivity index (χ1n) is 8.76. The van der Waals surface area contributed by atoms with Crippen molar-refractivity contribution >= 4 is 24.2 Å². The van der Waals surface area contributed by atoms with Gasteiger partial charge in [-0.2, -0.15) is 18.3 Å². The molecule has 27 heavy (non-hydrogen) atoms. The van der Waals surface area contributed by atoms with Gasteiger partial charge in [0.2, 0.25) is 5.91 Å². The molecule has 0 saturated carbocycles. The molecule has 2 saturated heterocycles. The van der Waals surface area contributed by atoms with E-state index < -0.39 is 30.6 Å². The SMILES string of the molecule is Cl.O=C(NC1CCCN(CC(F)(F)F)C1=O)c1ccn(C2CCCNC2)n1. The summed E-state index contributed by atoms with van der Waals surface area (Å²) in [4.78, 5) is 25.3. The standard InChI is InChI=1S/C16H22F3N5O2.ClH/c17-16(18,19)10-23-7-2-4-13(15(23)26)21-14(25)12-5-8-24(22-12)11-3-1-6-20-9-11;/h5,8,11,13,20H,1-4,6-7,9-10H2,(H,21,25);1H. The van der Waals surface area contributed by atoms with Gasteiger partial charge in [0.15, 0.2) is 0 Å². The molecule has 0 bridgehead atoms. The van der Waals surface area contributed by atoms with E-state index in [1.807, 2.05) is 0 Å². The van der Waals surface area contributed by atoms with Crippen molar-refractivity contribution in [3.05, 3.63) is 18.0 Å². The monoisotopic (exact) mass is 409 g/mol. The second-order valence-electron chi connectivity index (χ2n) is 6.72. The fourth-order valence-corrected chi connectivity index (χ4v) is 3.40. The largest absolute Gasteiger partial charge is 0.406 e. The minimum absolute atomic E-state index is 0. The summed E-state index contributed by atoms with van der Waals surface area (Å²) in [5.74, 6) is -1.24. The number of aromatic nitrogens is 2. The van der Waals surface area contributed by atoms with Crippen LogP contribution in [0.5, 0.6) is 0 Å². The Bertz CT molecular complexity index is 661. The molecular weight excluding hydrogens is 387 g/mol. The number of halogens is 4. The number of nitrogens with zero attached hydrogens (tertiary/aromatic N) is 3. The van der Waals surface area contributed by atoms with Crippen molar-refractivity contribution in [2.75, 3.05) is 26.2 Å². The van der Waals surface area contributed by atoms with Gasteiger partial charge in [0.05, 0.1) is 6.04 Å². The first-order chi connectivity index (χ1) is 12.3. The number of hydrogen-bond donors (Lipinski definition) is 2. The smallest absolute Gasteiger partial charge is 0.339 e. The third kappa shape index (κ3) is 5.58. The molecule has 1 aromatic rings. The van der Waals surface area contributed by atoms with Crippen molar-refractivity contribution in [3.8, 4) is 0 Å². The molecule has 0 radical (unpaired) electrons. The van der Waals surface area contributed by atoms with E-state index in [-0.39, 0.29) is 30.7 Å². The highest BCUT2D eigenvalue weighted by molar-refractivity contribution is 5.96. The number of carbonyl (C=O) groups excluding carboxylic acids is 2. The molecule has 3 rings (SSSR count). The second-order valence-corrected chi connectivity index (χ2v) is 6.72. The van der Waals surface area contributed by atoms with Gasteiger partial charge in [0.1, 0.15) is 18.3 Å². The van der Waals surface area contributed by atoms with Gasteiger partial charge in [-0.05, 0) is 38.3 Å². The Morgan fingerprint density at radius 2 is 2.11 bits per heavy atom. The third-order valence-electron chi connectivity index (χ3n) is 4.69. The molecular formula is C16H23ClF3N5O2. The van der Waals surface area contributed by atoms with Crippen LogP contribution < -0.4 is 10.6 Å². The van der Waals surface area contributed by atoms with E-state index in [2.05, 4.69) is 15.7 Å². The first kappa shape index (κ1) is 21.5. The van der Waals surface area contributed by atoms with Gasteiger partial charge >= 0.3 is 6.18 Å². The van der Waals surface area contributed by atoms with Gasteiger partial charge in [0, 0.05) is 19.3 Å². The van der Waals surface area contributed by atoms with Crippen molar-refractivity contribution in [1.82, 2.24) is 25.3 Å². The molecule has 0 aliphatic carbocycles. The predicted octanol–water partition coefficient (Wildman–Crippen LogP) is 1.51. The van der Waals surface area contributed by atoms with Crippen LogP contribution in [-0.2, 0) is 4.79 Å². The van der Waals surface area contributed by atoms with Crippen molar-refractivity contribution in [2.45, 2.75) is 43.9 Å². The Hall–Kier alpha value is -1.81. The Labute approximate surface area is 161 Å². The Morgan fingerprint density at radius 3 is 2.78 bits per heavy atom. The van der Waals surface area contributed by atoms with Gasteiger partial charge in [-0.15, -0.1) is 12.4 Å². The Balaban J connectivity index is 0.00000261. The minimum Gasteiger partial charge on any atom is -0.339 e. The maximum Gasteiger partial charge on any atom is 0.406 e. The highest BCUT2D eigenvalue weighted by Crippen LogP contribution is 2.21. The highest BCUT2D eigenvalue weighted by atomic mass is 35.5. The number of carbonyl (C=O) groups is 2. The molecule has 0 aromatic carbocycles. The minimum atomic E-state index is -4.45. The summed E-state index contributed by atoms with van der Waals surface area (Å²) in [7, 11) is 0. The summed E-state index contributed by atoms with van der Waals surface area (Å²) < 4.78 is 39.4. The van der Waals surface area contributed by atoms with Crippen LogP contribution in [0.1, 0.15) is 42.2 Å². The maximum absolute atomic E-state index is 12.5. The van der Waals surface area contributed by atoms with E-state index in [9.17, 15) is 22.8 Å². The van der Waals surface area contributed by atoms with Crippen LogP contribution in [0.25, 0.3) is 0 Å². The summed E-state index contributed by atoms with van der Waals surface area (Å²) in [5.41, 5.74) is 0.163. The molecule has 11 heteroatoms. The lowest BCUT2D eigenvalue weighted by Crippen LogP contribution is -2.54. The van der Waals surface area contributed by atoms with Crippen molar-refractivity contribution in [3.63, 3.8) is 0 Å². The molecule has 2 aliphatic rings. The number of likely N-dealkylation sites (tertiary alicyclic amines) is 1. The number of alkyl halides is 3. The molecule has 3 heterocycles. The fourth-order valence-electron chi connectivity index (χ4n) is 3.40. The summed E-state index contributed by atoms with van der Waals surface area (Å²) in [6.45, 7) is 0.495. The molecule has 7 nitrogen and oxygen atoms in total. The molecule has 1 aromatic heterocycles. The molecule has 0 spiro atoms. The maximum atomic E-state index is 12.5. The van der Waals surface area contributed by atoms with Gasteiger partial charge in [-0.1, -0.05) is 0 Å². The lowest BCUT2D eigenvalue weighted by molar-refractivity contribution is -0.164. The van der Waals surface area contributed by atoms with Crippen LogP contribution in [0.2, 0.25) is 0 Å². The first-order valence-corrected chi connectivity index (χ1v) is 8.76. The summed E-state index contributed by atoms with van der Waals surface area (Å²) in [6, 6.07) is 0.786.